The van der Waals surface area contributed by atoms with Gasteiger partial charge in [-0.25, -0.2) is 5.48 Å². The van der Waals surface area contributed by atoms with Crippen LogP contribution in [-0.2, 0) is 6.54 Å². The molecule has 1 aromatic carbocycles. The van der Waals surface area contributed by atoms with Gasteiger partial charge in [0.05, 0.1) is 5.52 Å². The molecule has 0 aliphatic carbocycles. The molecule has 0 saturated heterocycles. The van der Waals surface area contributed by atoms with E-state index in [9.17, 15) is 0 Å². The monoisotopic (exact) mass is 252 g/mol. The molecule has 1 heterocycles. The molecule has 14 heavy (non-hydrogen) atoms. The number of hydroxylamine groups is 1. The van der Waals surface area contributed by atoms with E-state index >= 15 is 0 Å². The number of rotatable bonds is 2. The average molecular weight is 253 g/mol. The van der Waals surface area contributed by atoms with Crippen molar-refractivity contribution >= 4 is 26.8 Å². The van der Waals surface area contributed by atoms with E-state index in [1.165, 1.54) is 0 Å². The van der Waals surface area contributed by atoms with E-state index in [4.69, 9.17) is 5.21 Å². The topological polar surface area (TPSA) is 45.1 Å². The van der Waals surface area contributed by atoms with Crippen LogP contribution in [-0.4, -0.2) is 10.2 Å². The number of para-hydroxylation sites is 1. The van der Waals surface area contributed by atoms with Crippen LogP contribution in [0.25, 0.3) is 10.9 Å². The minimum Gasteiger partial charge on any atom is -0.316 e. The van der Waals surface area contributed by atoms with Gasteiger partial charge in [0.2, 0.25) is 0 Å². The van der Waals surface area contributed by atoms with E-state index in [2.05, 4.69) is 26.4 Å². The summed E-state index contributed by atoms with van der Waals surface area (Å²) in [4.78, 5) is 4.27. The largest absolute Gasteiger partial charge is 0.316 e. The van der Waals surface area contributed by atoms with Crippen LogP contribution < -0.4 is 5.48 Å². The number of hydrogen-bond acceptors (Lipinski definition) is 3. The molecule has 0 unspecified atom stereocenters. The molecule has 2 rings (SSSR count). The van der Waals surface area contributed by atoms with Gasteiger partial charge in [-0.3, -0.25) is 4.98 Å². The van der Waals surface area contributed by atoms with Gasteiger partial charge in [0.15, 0.2) is 0 Å². The summed E-state index contributed by atoms with van der Waals surface area (Å²) in [7, 11) is 0. The normalized spacial score (nSPS) is 10.7. The molecule has 0 fully saturated rings. The minimum atomic E-state index is 0.426. The summed E-state index contributed by atoms with van der Waals surface area (Å²) >= 11 is 3.44. The summed E-state index contributed by atoms with van der Waals surface area (Å²) in [6.07, 6.45) is 1.74. The van der Waals surface area contributed by atoms with Crippen molar-refractivity contribution in [3.63, 3.8) is 0 Å². The van der Waals surface area contributed by atoms with Crippen molar-refractivity contribution in [1.82, 2.24) is 10.5 Å². The maximum absolute atomic E-state index is 8.67. The van der Waals surface area contributed by atoms with Crippen molar-refractivity contribution in [2.45, 2.75) is 6.54 Å². The van der Waals surface area contributed by atoms with Gasteiger partial charge in [-0.05, 0) is 33.6 Å². The third kappa shape index (κ3) is 1.64. The zero-order valence-corrected chi connectivity index (χ0v) is 8.95. The minimum absolute atomic E-state index is 0.426. The molecule has 0 saturated carbocycles. The van der Waals surface area contributed by atoms with Crippen LogP contribution in [0.4, 0.5) is 0 Å². The summed E-state index contributed by atoms with van der Waals surface area (Å²) in [6.45, 7) is 0.426. The maximum atomic E-state index is 8.67. The molecule has 0 radical (unpaired) electrons. The number of halogens is 1. The molecule has 0 aliphatic rings. The number of aromatic nitrogens is 1. The van der Waals surface area contributed by atoms with Gasteiger partial charge < -0.3 is 5.21 Å². The Bertz CT molecular complexity index is 459. The summed E-state index contributed by atoms with van der Waals surface area (Å²) in [6, 6.07) is 7.78. The Labute approximate surface area is 89.9 Å². The highest BCUT2D eigenvalue weighted by Crippen LogP contribution is 2.23. The third-order valence-electron chi connectivity index (χ3n) is 2.08. The lowest BCUT2D eigenvalue weighted by molar-refractivity contribution is 0.161. The summed E-state index contributed by atoms with van der Waals surface area (Å²) in [5, 5.41) is 9.71. The number of nitrogens with zero attached hydrogens (tertiary/aromatic N) is 1. The summed E-state index contributed by atoms with van der Waals surface area (Å²) < 4.78 is 0.967. The third-order valence-corrected chi connectivity index (χ3v) is 2.72. The summed E-state index contributed by atoms with van der Waals surface area (Å²) in [5.74, 6) is 0. The molecular weight excluding hydrogens is 244 g/mol. The first-order chi connectivity index (χ1) is 6.83. The van der Waals surface area contributed by atoms with E-state index < -0.39 is 0 Å². The van der Waals surface area contributed by atoms with Crippen LogP contribution >= 0.6 is 15.9 Å². The molecule has 0 spiro atoms. The van der Waals surface area contributed by atoms with Crippen LogP contribution in [0.2, 0.25) is 0 Å². The molecule has 0 bridgehead atoms. The van der Waals surface area contributed by atoms with E-state index in [0.29, 0.717) is 6.54 Å². The molecule has 0 aliphatic heterocycles. The lowest BCUT2D eigenvalue weighted by atomic mass is 10.1. The fourth-order valence-electron chi connectivity index (χ4n) is 1.44. The number of benzene rings is 1. The highest BCUT2D eigenvalue weighted by molar-refractivity contribution is 9.10. The Hall–Kier alpha value is -0.970. The van der Waals surface area contributed by atoms with Gasteiger partial charge in [0.1, 0.15) is 0 Å². The quantitative estimate of drug-likeness (QED) is 0.808. The molecule has 2 N–H and O–H groups in total. The number of hydrogen-bond donors (Lipinski definition) is 2. The zero-order chi connectivity index (χ0) is 9.97. The Morgan fingerprint density at radius 1 is 1.36 bits per heavy atom. The standard InChI is InChI=1S/C10H9BrN2O/c11-9-3-1-2-8-7(6-13-14)4-5-12-10(8)9/h1-5,13-14H,6H2. The average Bonchev–Trinajstić information content (AvgIpc) is 2.20. The van der Waals surface area contributed by atoms with E-state index in [-0.39, 0.29) is 0 Å². The van der Waals surface area contributed by atoms with Crippen molar-refractivity contribution in [2.75, 3.05) is 0 Å². The first-order valence-electron chi connectivity index (χ1n) is 4.22. The lowest BCUT2D eigenvalue weighted by Gasteiger charge is -2.05. The summed E-state index contributed by atoms with van der Waals surface area (Å²) in [5.41, 5.74) is 4.10. The molecule has 3 nitrogen and oxygen atoms in total. The molecule has 4 heteroatoms. The Balaban J connectivity index is 2.68. The van der Waals surface area contributed by atoms with Crippen LogP contribution in [0.1, 0.15) is 5.56 Å². The first kappa shape index (κ1) is 9.58. The SMILES string of the molecule is ONCc1ccnc2c(Br)cccc12. The fraction of sp³-hybridized carbons (Fsp3) is 0.100. The molecule has 1 aromatic heterocycles. The zero-order valence-electron chi connectivity index (χ0n) is 7.37. The number of nitrogens with one attached hydrogen (secondary N) is 1. The van der Waals surface area contributed by atoms with E-state index in [1.54, 1.807) is 6.20 Å². The Morgan fingerprint density at radius 2 is 2.21 bits per heavy atom. The Kier molecular flexibility index (Phi) is 2.77. The second kappa shape index (κ2) is 4.04. The second-order valence-corrected chi connectivity index (χ2v) is 3.80. The van der Waals surface area contributed by atoms with Crippen LogP contribution in [0.3, 0.4) is 0 Å². The molecule has 2 aromatic rings. The lowest BCUT2D eigenvalue weighted by Crippen LogP contribution is -2.06. The molecule has 0 amide bonds. The molecular formula is C10H9BrN2O. The van der Waals surface area contributed by atoms with Crippen LogP contribution in [0.15, 0.2) is 34.9 Å². The fourth-order valence-corrected chi connectivity index (χ4v) is 1.91. The van der Waals surface area contributed by atoms with E-state index in [1.807, 2.05) is 24.3 Å². The van der Waals surface area contributed by atoms with Crippen molar-refractivity contribution < 1.29 is 5.21 Å². The maximum Gasteiger partial charge on any atom is 0.0847 e. The van der Waals surface area contributed by atoms with Crippen LogP contribution in [0, 0.1) is 0 Å². The highest BCUT2D eigenvalue weighted by atomic mass is 79.9. The number of pyridine rings is 1. The van der Waals surface area contributed by atoms with Crippen molar-refractivity contribution in [3.8, 4) is 0 Å². The van der Waals surface area contributed by atoms with E-state index in [0.717, 1.165) is 20.9 Å². The highest BCUT2D eigenvalue weighted by Gasteiger charge is 2.03. The van der Waals surface area contributed by atoms with Gasteiger partial charge in [0, 0.05) is 22.6 Å². The van der Waals surface area contributed by atoms with Gasteiger partial charge in [-0.15, -0.1) is 0 Å². The smallest absolute Gasteiger partial charge is 0.0847 e. The second-order valence-electron chi connectivity index (χ2n) is 2.94. The van der Waals surface area contributed by atoms with Gasteiger partial charge in [-0.1, -0.05) is 12.1 Å². The van der Waals surface area contributed by atoms with Crippen molar-refractivity contribution in [2.24, 2.45) is 0 Å². The number of fused-ring (bicyclic) bond motifs is 1. The van der Waals surface area contributed by atoms with Crippen molar-refractivity contribution in [1.29, 1.82) is 0 Å². The molecule has 72 valence electrons. The van der Waals surface area contributed by atoms with Gasteiger partial charge >= 0.3 is 0 Å². The Morgan fingerprint density at radius 3 is 3.00 bits per heavy atom. The first-order valence-corrected chi connectivity index (χ1v) is 5.01. The predicted octanol–water partition coefficient (Wildman–Crippen LogP) is 2.48. The van der Waals surface area contributed by atoms with Gasteiger partial charge in [-0.2, -0.15) is 0 Å². The molecule has 0 atom stereocenters. The van der Waals surface area contributed by atoms with Gasteiger partial charge in [0.25, 0.3) is 0 Å². The van der Waals surface area contributed by atoms with Crippen molar-refractivity contribution in [3.05, 3.63) is 40.5 Å². The predicted molar refractivity (Wildman–Crippen MR) is 58.1 cm³/mol. The van der Waals surface area contributed by atoms with Crippen LogP contribution in [0.5, 0.6) is 0 Å².